The number of nitrogens with zero attached hydrogens (tertiary/aromatic N) is 1. The second-order valence-corrected chi connectivity index (χ2v) is 5.75. The van der Waals surface area contributed by atoms with Crippen LogP contribution in [0.2, 0.25) is 0 Å². The number of carbonyl (C=O) groups is 1. The molecule has 0 radical (unpaired) electrons. The second kappa shape index (κ2) is 5.40. The second-order valence-electron chi connectivity index (χ2n) is 4.51. The van der Waals surface area contributed by atoms with Crippen molar-refractivity contribution in [3.8, 4) is 5.75 Å². The zero-order valence-electron chi connectivity index (χ0n) is 10.5. The fraction of sp³-hybridized carbons (Fsp3) is 0.133. The molecule has 0 fully saturated rings. The molecule has 5 heteroatoms. The molecule has 102 valence electrons. The first-order chi connectivity index (χ1) is 9.63. The van der Waals surface area contributed by atoms with Crippen LogP contribution in [0.4, 0.5) is 10.1 Å². The van der Waals surface area contributed by atoms with Crippen molar-refractivity contribution in [3.63, 3.8) is 0 Å². The van der Waals surface area contributed by atoms with Crippen LogP contribution >= 0.6 is 22.6 Å². The van der Waals surface area contributed by atoms with Crippen molar-refractivity contribution in [2.24, 2.45) is 0 Å². The van der Waals surface area contributed by atoms with Gasteiger partial charge in [-0.15, -0.1) is 0 Å². The lowest BCUT2D eigenvalue weighted by Gasteiger charge is -2.29. The van der Waals surface area contributed by atoms with Gasteiger partial charge in [-0.05, 0) is 58.5 Å². The largest absolute Gasteiger partial charge is 0.482 e. The molecular weight excluding hydrogens is 372 g/mol. The van der Waals surface area contributed by atoms with Crippen LogP contribution in [-0.2, 0) is 11.3 Å². The zero-order chi connectivity index (χ0) is 14.1. The number of hydrogen-bond acceptors (Lipinski definition) is 2. The van der Waals surface area contributed by atoms with Gasteiger partial charge in [-0.1, -0.05) is 12.1 Å². The van der Waals surface area contributed by atoms with Crippen molar-refractivity contribution in [2.45, 2.75) is 6.54 Å². The number of fused-ring (bicyclic) bond motifs is 1. The van der Waals surface area contributed by atoms with Gasteiger partial charge >= 0.3 is 0 Å². The summed E-state index contributed by atoms with van der Waals surface area (Å²) in [4.78, 5) is 13.7. The number of halogens is 2. The van der Waals surface area contributed by atoms with Crippen LogP contribution in [0.3, 0.4) is 0 Å². The minimum Gasteiger partial charge on any atom is -0.482 e. The van der Waals surface area contributed by atoms with Crippen molar-refractivity contribution < 1.29 is 13.9 Å². The number of hydrogen-bond donors (Lipinski definition) is 0. The number of benzene rings is 2. The summed E-state index contributed by atoms with van der Waals surface area (Å²) in [6, 6.07) is 11.9. The maximum atomic E-state index is 12.9. The fourth-order valence-electron chi connectivity index (χ4n) is 2.12. The van der Waals surface area contributed by atoms with Crippen LogP contribution in [0.15, 0.2) is 42.5 Å². The highest BCUT2D eigenvalue weighted by Gasteiger charge is 2.25. The number of amides is 1. The van der Waals surface area contributed by atoms with Gasteiger partial charge in [0.2, 0.25) is 0 Å². The number of rotatable bonds is 2. The molecule has 0 aromatic heterocycles. The van der Waals surface area contributed by atoms with E-state index < -0.39 is 0 Å². The lowest BCUT2D eigenvalue weighted by atomic mass is 10.1. The van der Waals surface area contributed by atoms with E-state index in [-0.39, 0.29) is 18.3 Å². The molecule has 0 unspecified atom stereocenters. The van der Waals surface area contributed by atoms with E-state index in [0.29, 0.717) is 12.3 Å². The van der Waals surface area contributed by atoms with Crippen LogP contribution in [0.5, 0.6) is 5.75 Å². The van der Waals surface area contributed by atoms with E-state index in [1.54, 1.807) is 17.0 Å². The first-order valence-electron chi connectivity index (χ1n) is 6.10. The van der Waals surface area contributed by atoms with Gasteiger partial charge in [-0.2, -0.15) is 0 Å². The predicted octanol–water partition coefficient (Wildman–Crippen LogP) is 3.36. The molecule has 2 aromatic carbocycles. The molecule has 2 aromatic rings. The van der Waals surface area contributed by atoms with Crippen LogP contribution in [-0.4, -0.2) is 12.5 Å². The van der Waals surface area contributed by atoms with Gasteiger partial charge in [0.25, 0.3) is 5.91 Å². The number of anilines is 1. The van der Waals surface area contributed by atoms with Crippen LogP contribution in [0.25, 0.3) is 0 Å². The summed E-state index contributed by atoms with van der Waals surface area (Å²) in [5, 5.41) is 0. The Kier molecular flexibility index (Phi) is 3.60. The molecule has 1 aliphatic rings. The molecule has 1 heterocycles. The Balaban J connectivity index is 1.94. The summed E-state index contributed by atoms with van der Waals surface area (Å²) in [6.07, 6.45) is 0. The molecule has 3 nitrogen and oxygen atoms in total. The first kappa shape index (κ1) is 13.4. The zero-order valence-corrected chi connectivity index (χ0v) is 12.6. The highest BCUT2D eigenvalue weighted by atomic mass is 127. The van der Waals surface area contributed by atoms with Crippen LogP contribution < -0.4 is 9.64 Å². The van der Waals surface area contributed by atoms with E-state index in [0.717, 1.165) is 14.8 Å². The quantitative estimate of drug-likeness (QED) is 0.745. The Morgan fingerprint density at radius 3 is 2.70 bits per heavy atom. The van der Waals surface area contributed by atoms with Crippen molar-refractivity contribution >= 4 is 34.2 Å². The lowest BCUT2D eigenvalue weighted by molar-refractivity contribution is -0.121. The first-order valence-corrected chi connectivity index (χ1v) is 7.18. The highest BCUT2D eigenvalue weighted by Crippen LogP contribution is 2.34. The Morgan fingerprint density at radius 2 is 1.95 bits per heavy atom. The van der Waals surface area contributed by atoms with Crippen molar-refractivity contribution in [2.75, 3.05) is 11.5 Å². The molecule has 20 heavy (non-hydrogen) atoms. The maximum absolute atomic E-state index is 12.9. The molecule has 0 aliphatic carbocycles. The summed E-state index contributed by atoms with van der Waals surface area (Å²) >= 11 is 2.20. The molecule has 1 aliphatic heterocycles. The monoisotopic (exact) mass is 383 g/mol. The molecule has 0 bridgehead atoms. The third-order valence-electron chi connectivity index (χ3n) is 3.12. The molecule has 0 saturated carbocycles. The Morgan fingerprint density at radius 1 is 1.20 bits per heavy atom. The standard InChI is InChI=1S/C15H11FINO2/c16-11-3-1-10(2-4-11)8-18-13-7-12(17)5-6-14(13)20-9-15(18)19/h1-7H,8-9H2. The SMILES string of the molecule is O=C1COc2ccc(I)cc2N1Cc1ccc(F)cc1. The van der Waals surface area contributed by atoms with Crippen LogP contribution in [0.1, 0.15) is 5.56 Å². The van der Waals surface area contributed by atoms with Crippen molar-refractivity contribution in [3.05, 3.63) is 57.4 Å². The summed E-state index contributed by atoms with van der Waals surface area (Å²) < 4.78 is 19.4. The third-order valence-corrected chi connectivity index (χ3v) is 3.79. The van der Waals surface area contributed by atoms with Crippen LogP contribution in [0, 0.1) is 9.39 Å². The Labute approximate surface area is 129 Å². The molecule has 3 rings (SSSR count). The Hall–Kier alpha value is -1.63. The summed E-state index contributed by atoms with van der Waals surface area (Å²) in [6.45, 7) is 0.449. The predicted molar refractivity (Wildman–Crippen MR) is 82.2 cm³/mol. The maximum Gasteiger partial charge on any atom is 0.265 e. The van der Waals surface area contributed by atoms with Crippen molar-refractivity contribution in [1.82, 2.24) is 0 Å². The molecular formula is C15H11FINO2. The van der Waals surface area contributed by atoms with E-state index >= 15 is 0 Å². The molecule has 0 N–H and O–H groups in total. The van der Waals surface area contributed by atoms with E-state index in [2.05, 4.69) is 22.6 Å². The minimum atomic E-state index is -0.281. The molecule has 0 atom stereocenters. The van der Waals surface area contributed by atoms with E-state index in [4.69, 9.17) is 4.74 Å². The lowest BCUT2D eigenvalue weighted by Crippen LogP contribution is -2.38. The van der Waals surface area contributed by atoms with E-state index in [1.807, 2.05) is 18.2 Å². The minimum absolute atomic E-state index is 0.0365. The summed E-state index contributed by atoms with van der Waals surface area (Å²) in [7, 11) is 0. The summed E-state index contributed by atoms with van der Waals surface area (Å²) in [5.41, 5.74) is 1.64. The molecule has 0 saturated heterocycles. The van der Waals surface area contributed by atoms with Gasteiger partial charge < -0.3 is 9.64 Å². The van der Waals surface area contributed by atoms with Crippen molar-refractivity contribution in [1.29, 1.82) is 0 Å². The van der Waals surface area contributed by atoms with Gasteiger partial charge in [0.1, 0.15) is 11.6 Å². The van der Waals surface area contributed by atoms with E-state index in [9.17, 15) is 9.18 Å². The van der Waals surface area contributed by atoms with Gasteiger partial charge in [-0.3, -0.25) is 4.79 Å². The Bertz CT molecular complexity index is 657. The highest BCUT2D eigenvalue weighted by molar-refractivity contribution is 14.1. The topological polar surface area (TPSA) is 29.5 Å². The average molecular weight is 383 g/mol. The number of carbonyl (C=O) groups excluding carboxylic acids is 1. The third kappa shape index (κ3) is 2.63. The van der Waals surface area contributed by atoms with Gasteiger partial charge in [0.15, 0.2) is 6.61 Å². The number of ether oxygens (including phenoxy) is 1. The van der Waals surface area contributed by atoms with Gasteiger partial charge in [-0.25, -0.2) is 4.39 Å². The van der Waals surface area contributed by atoms with E-state index in [1.165, 1.54) is 12.1 Å². The van der Waals surface area contributed by atoms with Gasteiger partial charge in [0.05, 0.1) is 12.2 Å². The average Bonchev–Trinajstić information content (AvgIpc) is 2.44. The summed E-state index contributed by atoms with van der Waals surface area (Å²) in [5.74, 6) is 0.327. The smallest absolute Gasteiger partial charge is 0.265 e. The fourth-order valence-corrected chi connectivity index (χ4v) is 2.60. The molecule has 0 spiro atoms. The normalized spacial score (nSPS) is 13.9. The van der Waals surface area contributed by atoms with Gasteiger partial charge in [0, 0.05) is 3.57 Å². The molecule has 1 amide bonds.